The van der Waals surface area contributed by atoms with Crippen molar-refractivity contribution in [2.75, 3.05) is 17.2 Å². The van der Waals surface area contributed by atoms with E-state index < -0.39 is 10.7 Å². The summed E-state index contributed by atoms with van der Waals surface area (Å²) < 4.78 is 16.8. The van der Waals surface area contributed by atoms with Crippen molar-refractivity contribution < 1.29 is 14.0 Å². The molecule has 36 heavy (non-hydrogen) atoms. The van der Waals surface area contributed by atoms with Gasteiger partial charge in [0.1, 0.15) is 18.2 Å². The molecular weight excluding hydrogens is 499 g/mol. The van der Waals surface area contributed by atoms with Crippen LogP contribution in [0.4, 0.5) is 10.2 Å². The van der Waals surface area contributed by atoms with Gasteiger partial charge in [0.05, 0.1) is 27.4 Å². The monoisotopic (exact) mass is 526 g/mol. The molecule has 1 aliphatic heterocycles. The zero-order chi connectivity index (χ0) is 25.6. The number of nitrogens with one attached hydrogen (secondary N) is 1. The number of thioether (sulfide) groups is 1. The molecule has 1 aliphatic carbocycles. The number of hydrogen-bond acceptors (Lipinski definition) is 4. The molecule has 1 fully saturated rings. The van der Waals surface area contributed by atoms with E-state index in [1.807, 2.05) is 39.0 Å². The SMILES string of the molecule is CC(C)(C)c1nn(-c2ccccc2Cl)c2c1[C@H](c1ccccc1F)SCC(=O)N2CC(=O)NC1CC1. The Balaban J connectivity index is 1.77. The topological polar surface area (TPSA) is 67.2 Å². The molecular formula is C27H28ClFN4O2S. The summed E-state index contributed by atoms with van der Waals surface area (Å²) in [5.74, 6) is -0.257. The molecule has 5 rings (SSSR count). The summed E-state index contributed by atoms with van der Waals surface area (Å²) in [6.07, 6.45) is 1.89. The number of fused-ring (bicyclic) bond motifs is 1. The quantitative estimate of drug-likeness (QED) is 0.482. The molecule has 2 amide bonds. The van der Waals surface area contributed by atoms with Crippen LogP contribution in [0.2, 0.25) is 5.02 Å². The fraction of sp³-hybridized carbons (Fsp3) is 0.370. The van der Waals surface area contributed by atoms with Crippen molar-refractivity contribution in [1.29, 1.82) is 0 Å². The van der Waals surface area contributed by atoms with Gasteiger partial charge in [0.25, 0.3) is 0 Å². The maximum absolute atomic E-state index is 15.2. The van der Waals surface area contributed by atoms with Crippen LogP contribution in [0.1, 0.15) is 55.7 Å². The number of para-hydroxylation sites is 1. The maximum Gasteiger partial charge on any atom is 0.240 e. The molecule has 0 spiro atoms. The molecule has 1 N–H and O–H groups in total. The van der Waals surface area contributed by atoms with Crippen LogP contribution in [0.3, 0.4) is 0 Å². The van der Waals surface area contributed by atoms with E-state index in [0.29, 0.717) is 22.1 Å². The highest BCUT2D eigenvalue weighted by Gasteiger charge is 2.41. The van der Waals surface area contributed by atoms with E-state index in [1.165, 1.54) is 22.7 Å². The molecule has 188 valence electrons. The molecule has 9 heteroatoms. The molecule has 0 saturated heterocycles. The number of carbonyl (C=O) groups excluding carboxylic acids is 2. The lowest BCUT2D eigenvalue weighted by atomic mass is 9.87. The number of carbonyl (C=O) groups is 2. The van der Waals surface area contributed by atoms with E-state index >= 15 is 4.39 Å². The van der Waals surface area contributed by atoms with E-state index in [2.05, 4.69) is 5.32 Å². The number of hydrogen-bond donors (Lipinski definition) is 1. The molecule has 0 radical (unpaired) electrons. The summed E-state index contributed by atoms with van der Waals surface area (Å²) in [5.41, 5.74) is 2.08. The minimum atomic E-state index is -0.493. The Labute approximate surface area is 219 Å². The zero-order valence-electron chi connectivity index (χ0n) is 20.4. The number of aromatic nitrogens is 2. The summed E-state index contributed by atoms with van der Waals surface area (Å²) in [6, 6.07) is 14.0. The molecule has 0 unspecified atom stereocenters. The Morgan fingerprint density at radius 1 is 1.17 bits per heavy atom. The largest absolute Gasteiger partial charge is 0.352 e. The molecule has 2 aromatic carbocycles. The minimum Gasteiger partial charge on any atom is -0.352 e. The van der Waals surface area contributed by atoms with Crippen LogP contribution in [-0.2, 0) is 15.0 Å². The lowest BCUT2D eigenvalue weighted by Gasteiger charge is -2.24. The third-order valence-electron chi connectivity index (χ3n) is 6.31. The van der Waals surface area contributed by atoms with E-state index in [9.17, 15) is 9.59 Å². The number of amides is 2. The van der Waals surface area contributed by atoms with Gasteiger partial charge in [0.15, 0.2) is 0 Å². The number of rotatable bonds is 5. The van der Waals surface area contributed by atoms with Gasteiger partial charge in [-0.3, -0.25) is 14.5 Å². The maximum atomic E-state index is 15.2. The van der Waals surface area contributed by atoms with Gasteiger partial charge in [-0.1, -0.05) is 62.7 Å². The first-order valence-electron chi connectivity index (χ1n) is 12.0. The minimum absolute atomic E-state index is 0.0937. The molecule has 6 nitrogen and oxygen atoms in total. The average Bonchev–Trinajstić information content (AvgIpc) is 3.56. The van der Waals surface area contributed by atoms with Crippen LogP contribution in [0.5, 0.6) is 0 Å². The highest BCUT2D eigenvalue weighted by molar-refractivity contribution is 8.00. The van der Waals surface area contributed by atoms with Crippen molar-refractivity contribution in [3.8, 4) is 5.69 Å². The smallest absolute Gasteiger partial charge is 0.240 e. The van der Waals surface area contributed by atoms with Gasteiger partial charge in [0.2, 0.25) is 11.8 Å². The zero-order valence-corrected chi connectivity index (χ0v) is 22.0. The molecule has 0 bridgehead atoms. The summed E-state index contributed by atoms with van der Waals surface area (Å²) in [4.78, 5) is 28.0. The van der Waals surface area contributed by atoms with E-state index in [-0.39, 0.29) is 36.0 Å². The second-order valence-electron chi connectivity index (χ2n) is 10.2. The normalized spacial score (nSPS) is 18.1. The number of anilines is 1. The molecule has 1 saturated carbocycles. The molecule has 2 heterocycles. The van der Waals surface area contributed by atoms with Crippen LogP contribution < -0.4 is 10.2 Å². The summed E-state index contributed by atoms with van der Waals surface area (Å²) >= 11 is 7.96. The van der Waals surface area contributed by atoms with Gasteiger partial charge in [-0.25, -0.2) is 9.07 Å². The third kappa shape index (κ3) is 4.76. The molecule has 3 aromatic rings. The number of benzene rings is 2. The lowest BCUT2D eigenvalue weighted by Crippen LogP contribution is -2.43. The third-order valence-corrected chi connectivity index (χ3v) is 7.87. The van der Waals surface area contributed by atoms with E-state index in [4.69, 9.17) is 16.7 Å². The van der Waals surface area contributed by atoms with Crippen LogP contribution in [0, 0.1) is 5.82 Å². The van der Waals surface area contributed by atoms with Crippen molar-refractivity contribution in [3.05, 3.63) is 76.2 Å². The molecule has 1 atom stereocenters. The molecule has 1 aromatic heterocycles. The first kappa shape index (κ1) is 24.8. The first-order chi connectivity index (χ1) is 17.1. The predicted molar refractivity (Wildman–Crippen MR) is 141 cm³/mol. The standard InChI is InChI=1S/C27H28ClFN4O2S/c1-27(2,3)25-23-24(17-8-4-6-10-19(17)29)36-15-22(35)32(14-21(34)30-16-12-13-16)26(23)33(31-25)20-11-7-5-9-18(20)28/h4-11,16,24H,12-15H2,1-3H3,(H,30,34)/t24-/m0/s1. The highest BCUT2D eigenvalue weighted by Crippen LogP contribution is 2.49. The van der Waals surface area contributed by atoms with E-state index in [1.54, 1.807) is 28.9 Å². The summed E-state index contributed by atoms with van der Waals surface area (Å²) in [6.45, 7) is 5.96. The van der Waals surface area contributed by atoms with Gasteiger partial charge < -0.3 is 5.32 Å². The fourth-order valence-corrected chi connectivity index (χ4v) is 5.88. The summed E-state index contributed by atoms with van der Waals surface area (Å²) in [5, 5.41) is 7.92. The van der Waals surface area contributed by atoms with Crippen molar-refractivity contribution >= 4 is 41.0 Å². The van der Waals surface area contributed by atoms with Crippen LogP contribution in [0.15, 0.2) is 48.5 Å². The number of nitrogens with zero attached hydrogens (tertiary/aromatic N) is 3. The second kappa shape index (κ2) is 9.56. The highest BCUT2D eigenvalue weighted by atomic mass is 35.5. The van der Waals surface area contributed by atoms with Gasteiger partial charge >= 0.3 is 0 Å². The van der Waals surface area contributed by atoms with Crippen LogP contribution in [0.25, 0.3) is 5.69 Å². The predicted octanol–water partition coefficient (Wildman–Crippen LogP) is 5.41. The van der Waals surface area contributed by atoms with Crippen molar-refractivity contribution in [2.45, 2.75) is 50.3 Å². The Morgan fingerprint density at radius 3 is 2.53 bits per heavy atom. The Hall–Kier alpha value is -2.84. The average molecular weight is 527 g/mol. The van der Waals surface area contributed by atoms with Gasteiger partial charge in [0, 0.05) is 22.6 Å². The van der Waals surface area contributed by atoms with Gasteiger partial charge in [-0.15, -0.1) is 11.8 Å². The van der Waals surface area contributed by atoms with Crippen LogP contribution >= 0.6 is 23.4 Å². The van der Waals surface area contributed by atoms with Crippen LogP contribution in [-0.4, -0.2) is 39.9 Å². The summed E-state index contributed by atoms with van der Waals surface area (Å²) in [7, 11) is 0. The van der Waals surface area contributed by atoms with Crippen molar-refractivity contribution in [3.63, 3.8) is 0 Å². The Bertz CT molecular complexity index is 1330. The lowest BCUT2D eigenvalue weighted by molar-refractivity contribution is -0.123. The second-order valence-corrected chi connectivity index (χ2v) is 11.7. The van der Waals surface area contributed by atoms with Crippen molar-refractivity contribution in [1.82, 2.24) is 15.1 Å². The Morgan fingerprint density at radius 2 is 1.86 bits per heavy atom. The van der Waals surface area contributed by atoms with E-state index in [0.717, 1.165) is 24.1 Å². The molecule has 2 aliphatic rings. The Kier molecular flexibility index (Phi) is 6.59. The fourth-order valence-electron chi connectivity index (χ4n) is 4.44. The first-order valence-corrected chi connectivity index (χ1v) is 13.4. The van der Waals surface area contributed by atoms with Gasteiger partial charge in [-0.2, -0.15) is 5.10 Å². The van der Waals surface area contributed by atoms with Crippen molar-refractivity contribution in [2.24, 2.45) is 0 Å². The van der Waals surface area contributed by atoms with Gasteiger partial charge in [-0.05, 0) is 31.0 Å². The number of halogens is 2.